The van der Waals surface area contributed by atoms with Crippen LogP contribution in [0.5, 0.6) is 0 Å². The highest BCUT2D eigenvalue weighted by atomic mass is 32.2. The largest absolute Gasteiger partial charge is 0.321 e. The first-order valence-corrected chi connectivity index (χ1v) is 11.0. The average molecular weight is 403 g/mol. The number of rotatable bonds is 5. The minimum Gasteiger partial charge on any atom is -0.321 e. The Balaban J connectivity index is 1.90. The molecule has 0 spiro atoms. The van der Waals surface area contributed by atoms with Gasteiger partial charge in [0.1, 0.15) is 0 Å². The molecule has 27 heavy (non-hydrogen) atoms. The highest BCUT2D eigenvalue weighted by molar-refractivity contribution is 7.92. The number of carbonyl (C=O) groups excluding carboxylic acids is 1. The molecule has 3 rings (SSSR count). The molecule has 7 heteroatoms. The number of anilines is 2. The lowest BCUT2D eigenvalue weighted by molar-refractivity contribution is 0.103. The molecule has 1 amide bonds. The first kappa shape index (κ1) is 19.4. The predicted octanol–water partition coefficient (Wildman–Crippen LogP) is 4.56. The summed E-state index contributed by atoms with van der Waals surface area (Å²) in [6.45, 7) is 5.55. The third-order valence-corrected chi connectivity index (χ3v) is 7.40. The molecule has 2 aromatic carbocycles. The maximum atomic E-state index is 12.7. The van der Waals surface area contributed by atoms with E-state index in [2.05, 4.69) is 5.32 Å². The summed E-state index contributed by atoms with van der Waals surface area (Å²) in [4.78, 5) is 13.3. The fraction of sp³-hybridized carbons (Fsp3) is 0.250. The lowest BCUT2D eigenvalue weighted by atomic mass is 10.1. The zero-order valence-electron chi connectivity index (χ0n) is 15.7. The Morgan fingerprint density at radius 1 is 1.11 bits per heavy atom. The summed E-state index contributed by atoms with van der Waals surface area (Å²) < 4.78 is 26.4. The second kappa shape index (κ2) is 7.32. The maximum Gasteiger partial charge on any atom is 0.265 e. The quantitative estimate of drug-likeness (QED) is 0.680. The van der Waals surface area contributed by atoms with Crippen LogP contribution in [0.4, 0.5) is 11.4 Å². The summed E-state index contributed by atoms with van der Waals surface area (Å²) >= 11 is 1.39. The van der Waals surface area contributed by atoms with Crippen LogP contribution in [0, 0.1) is 13.8 Å². The Kier molecular flexibility index (Phi) is 5.26. The fourth-order valence-electron chi connectivity index (χ4n) is 2.75. The van der Waals surface area contributed by atoms with Crippen molar-refractivity contribution >= 4 is 48.7 Å². The van der Waals surface area contributed by atoms with E-state index in [0.717, 1.165) is 26.9 Å². The molecule has 1 aromatic heterocycles. The van der Waals surface area contributed by atoms with Gasteiger partial charge in [-0.05, 0) is 67.6 Å². The molecular formula is C20H22N2O3S2. The zero-order valence-corrected chi connectivity index (χ0v) is 17.4. The Hall–Kier alpha value is -2.38. The summed E-state index contributed by atoms with van der Waals surface area (Å²) in [6, 6.07) is 13.1. The van der Waals surface area contributed by atoms with Crippen molar-refractivity contribution in [3.05, 3.63) is 58.5 Å². The van der Waals surface area contributed by atoms with Gasteiger partial charge in [-0.3, -0.25) is 9.10 Å². The first-order chi connectivity index (χ1) is 12.7. The highest BCUT2D eigenvalue weighted by Crippen LogP contribution is 2.31. The second-order valence-electron chi connectivity index (χ2n) is 6.47. The number of nitrogens with one attached hydrogen (secondary N) is 1. The van der Waals surface area contributed by atoms with Crippen LogP contribution >= 0.6 is 11.3 Å². The van der Waals surface area contributed by atoms with Gasteiger partial charge >= 0.3 is 0 Å². The van der Waals surface area contributed by atoms with Gasteiger partial charge in [0, 0.05) is 17.4 Å². The number of thiophene rings is 1. The molecule has 0 saturated carbocycles. The molecule has 0 unspecified atom stereocenters. The van der Waals surface area contributed by atoms with E-state index in [0.29, 0.717) is 10.6 Å². The molecule has 0 fully saturated rings. The number of hydrogen-bond acceptors (Lipinski definition) is 4. The van der Waals surface area contributed by atoms with E-state index in [4.69, 9.17) is 0 Å². The van der Waals surface area contributed by atoms with E-state index in [-0.39, 0.29) is 11.7 Å². The summed E-state index contributed by atoms with van der Waals surface area (Å²) in [5, 5.41) is 3.81. The van der Waals surface area contributed by atoms with Gasteiger partial charge in [0.2, 0.25) is 10.0 Å². The molecule has 0 radical (unpaired) electrons. The lowest BCUT2D eigenvalue weighted by Crippen LogP contribution is -2.27. The number of sulfonamides is 1. The molecule has 0 aliphatic carbocycles. The van der Waals surface area contributed by atoms with Crippen molar-refractivity contribution in [2.75, 3.05) is 22.4 Å². The Morgan fingerprint density at radius 3 is 2.56 bits per heavy atom. The van der Waals surface area contributed by atoms with Gasteiger partial charge in [-0.25, -0.2) is 8.42 Å². The average Bonchev–Trinajstić information content (AvgIpc) is 3.07. The molecule has 0 saturated heterocycles. The van der Waals surface area contributed by atoms with E-state index in [9.17, 15) is 13.2 Å². The van der Waals surface area contributed by atoms with Crippen molar-refractivity contribution < 1.29 is 13.2 Å². The number of benzene rings is 2. The molecule has 3 aromatic rings. The predicted molar refractivity (Wildman–Crippen MR) is 114 cm³/mol. The number of fused-ring (bicyclic) bond motifs is 1. The minimum atomic E-state index is -3.32. The third-order valence-electron chi connectivity index (χ3n) is 4.51. The molecule has 5 nitrogen and oxygen atoms in total. The molecule has 1 heterocycles. The fourth-order valence-corrected chi connectivity index (χ4v) is 4.51. The topological polar surface area (TPSA) is 66.5 Å². The molecular weight excluding hydrogens is 380 g/mol. The smallest absolute Gasteiger partial charge is 0.265 e. The van der Waals surface area contributed by atoms with Gasteiger partial charge in [0.15, 0.2) is 0 Å². The van der Waals surface area contributed by atoms with E-state index in [1.165, 1.54) is 15.6 Å². The van der Waals surface area contributed by atoms with Crippen LogP contribution in [-0.4, -0.2) is 27.1 Å². The molecule has 142 valence electrons. The van der Waals surface area contributed by atoms with E-state index in [1.54, 1.807) is 32.2 Å². The van der Waals surface area contributed by atoms with Gasteiger partial charge in [-0.2, -0.15) is 0 Å². The van der Waals surface area contributed by atoms with Gasteiger partial charge in [-0.1, -0.05) is 12.1 Å². The third kappa shape index (κ3) is 3.99. The van der Waals surface area contributed by atoms with E-state index >= 15 is 0 Å². The Bertz CT molecular complexity index is 1120. The maximum absolute atomic E-state index is 12.7. The number of amides is 1. The summed E-state index contributed by atoms with van der Waals surface area (Å²) in [6.07, 6.45) is 0. The SMILES string of the molecule is CCS(=O)(=O)N(C)c1ccc2sc(C(=O)Nc3cc(C)ccc3C)cc2c1. The molecule has 1 N–H and O–H groups in total. The van der Waals surface area contributed by atoms with Crippen molar-refractivity contribution in [1.29, 1.82) is 0 Å². The van der Waals surface area contributed by atoms with Crippen LogP contribution in [-0.2, 0) is 10.0 Å². The molecule has 0 aliphatic heterocycles. The summed E-state index contributed by atoms with van der Waals surface area (Å²) in [7, 11) is -1.78. The number of nitrogens with zero attached hydrogens (tertiary/aromatic N) is 1. The second-order valence-corrected chi connectivity index (χ2v) is 9.85. The van der Waals surface area contributed by atoms with Gasteiger partial charge < -0.3 is 5.32 Å². The lowest BCUT2D eigenvalue weighted by Gasteiger charge is -2.18. The van der Waals surface area contributed by atoms with Crippen molar-refractivity contribution in [2.24, 2.45) is 0 Å². The Labute approximate surface area is 163 Å². The van der Waals surface area contributed by atoms with Crippen LogP contribution in [0.15, 0.2) is 42.5 Å². The van der Waals surface area contributed by atoms with Crippen molar-refractivity contribution in [2.45, 2.75) is 20.8 Å². The minimum absolute atomic E-state index is 0.0364. The molecule has 0 atom stereocenters. The summed E-state index contributed by atoms with van der Waals surface area (Å²) in [5.41, 5.74) is 3.47. The number of hydrogen-bond donors (Lipinski definition) is 1. The van der Waals surface area contributed by atoms with Gasteiger partial charge in [-0.15, -0.1) is 11.3 Å². The normalized spacial score (nSPS) is 11.6. The van der Waals surface area contributed by atoms with Crippen molar-refractivity contribution in [3.8, 4) is 0 Å². The van der Waals surface area contributed by atoms with E-state index < -0.39 is 10.0 Å². The molecule has 0 aliphatic rings. The van der Waals surface area contributed by atoms with Crippen LogP contribution < -0.4 is 9.62 Å². The van der Waals surface area contributed by atoms with Crippen LogP contribution in [0.1, 0.15) is 27.7 Å². The zero-order chi connectivity index (χ0) is 19.8. The van der Waals surface area contributed by atoms with Gasteiger partial charge in [0.25, 0.3) is 5.91 Å². The standard InChI is InChI=1S/C20H22N2O3S2/c1-5-27(24,25)22(4)16-8-9-18-15(11-16)12-19(26-18)20(23)21-17-10-13(2)6-7-14(17)3/h6-12H,5H2,1-4H3,(H,21,23). The summed E-state index contributed by atoms with van der Waals surface area (Å²) in [5.74, 6) is -0.129. The van der Waals surface area contributed by atoms with Crippen molar-refractivity contribution in [1.82, 2.24) is 0 Å². The monoisotopic (exact) mass is 402 g/mol. The van der Waals surface area contributed by atoms with Gasteiger partial charge in [0.05, 0.1) is 16.3 Å². The van der Waals surface area contributed by atoms with Crippen molar-refractivity contribution in [3.63, 3.8) is 0 Å². The van der Waals surface area contributed by atoms with Crippen LogP contribution in [0.25, 0.3) is 10.1 Å². The first-order valence-electron chi connectivity index (χ1n) is 8.60. The highest BCUT2D eigenvalue weighted by Gasteiger charge is 2.17. The van der Waals surface area contributed by atoms with E-state index in [1.807, 2.05) is 38.1 Å². The van der Waals surface area contributed by atoms with Crippen LogP contribution in [0.3, 0.4) is 0 Å². The molecule has 0 bridgehead atoms. The Morgan fingerprint density at radius 2 is 1.85 bits per heavy atom. The van der Waals surface area contributed by atoms with Crippen LogP contribution in [0.2, 0.25) is 0 Å². The number of carbonyl (C=O) groups is 1. The number of aryl methyl sites for hydroxylation is 2.